The van der Waals surface area contributed by atoms with Crippen LogP contribution in [0.5, 0.6) is 0 Å². The van der Waals surface area contributed by atoms with E-state index in [1.165, 1.54) is 0 Å². The molecule has 8 heteroatoms. The van der Waals surface area contributed by atoms with Crippen molar-refractivity contribution in [3.63, 3.8) is 0 Å². The van der Waals surface area contributed by atoms with Gasteiger partial charge in [-0.1, -0.05) is 0 Å². The summed E-state index contributed by atoms with van der Waals surface area (Å²) < 4.78 is 8.67. The largest absolute Gasteiger partial charge is 0.481 e. The molecule has 0 bridgehead atoms. The fourth-order valence-corrected chi connectivity index (χ4v) is 0.671. The SMILES string of the molecule is CCOC(=O)CC(=O)O.CCOC(=O)CC(=O)O. The van der Waals surface area contributed by atoms with Crippen molar-refractivity contribution in [2.24, 2.45) is 0 Å². The number of carboxylic acid groups (broad SMARTS) is 2. The molecule has 0 aliphatic heterocycles. The van der Waals surface area contributed by atoms with Crippen molar-refractivity contribution >= 4 is 23.9 Å². The van der Waals surface area contributed by atoms with Crippen molar-refractivity contribution in [3.8, 4) is 0 Å². The van der Waals surface area contributed by atoms with Gasteiger partial charge < -0.3 is 19.7 Å². The molecule has 0 atom stereocenters. The monoisotopic (exact) mass is 264 g/mol. The fraction of sp³-hybridized carbons (Fsp3) is 0.600. The standard InChI is InChI=1S/2C5H8O4/c2*1-2-9-5(8)3-4(6)7/h2*2-3H2,1H3,(H,6,7). The maximum Gasteiger partial charge on any atom is 0.317 e. The number of hydrogen-bond donors (Lipinski definition) is 2. The van der Waals surface area contributed by atoms with Gasteiger partial charge in [-0.3, -0.25) is 19.2 Å². The predicted octanol–water partition coefficient (Wildman–Crippen LogP) is 0.0484. The minimum atomic E-state index is -1.16. The molecule has 0 aliphatic carbocycles. The molecule has 0 aliphatic rings. The molecule has 0 heterocycles. The normalized spacial score (nSPS) is 8.56. The average Bonchev–Trinajstić information content (AvgIpc) is 2.16. The number of carbonyl (C=O) groups is 4. The van der Waals surface area contributed by atoms with Crippen LogP contribution in [0.25, 0.3) is 0 Å². The zero-order valence-corrected chi connectivity index (χ0v) is 10.2. The maximum atomic E-state index is 10.3. The molecule has 0 saturated heterocycles. The average molecular weight is 264 g/mol. The van der Waals surface area contributed by atoms with Crippen molar-refractivity contribution in [3.05, 3.63) is 0 Å². The highest BCUT2D eigenvalue weighted by Gasteiger charge is 2.06. The van der Waals surface area contributed by atoms with Gasteiger partial charge in [0.2, 0.25) is 0 Å². The first-order valence-electron chi connectivity index (χ1n) is 5.08. The van der Waals surface area contributed by atoms with E-state index in [0.717, 1.165) is 0 Å². The Balaban J connectivity index is 0. The number of hydrogen-bond acceptors (Lipinski definition) is 6. The zero-order chi connectivity index (χ0) is 14.6. The molecule has 0 fully saturated rings. The summed E-state index contributed by atoms with van der Waals surface area (Å²) >= 11 is 0. The number of carboxylic acids is 2. The number of aliphatic carboxylic acids is 2. The summed E-state index contributed by atoms with van der Waals surface area (Å²) in [6, 6.07) is 0. The van der Waals surface area contributed by atoms with Crippen LogP contribution in [0.2, 0.25) is 0 Å². The molecule has 0 rings (SSSR count). The lowest BCUT2D eigenvalue weighted by molar-refractivity contribution is -0.152. The first kappa shape index (κ1) is 18.3. The quantitative estimate of drug-likeness (QED) is 0.508. The van der Waals surface area contributed by atoms with E-state index in [9.17, 15) is 19.2 Å². The van der Waals surface area contributed by atoms with E-state index in [4.69, 9.17) is 10.2 Å². The van der Waals surface area contributed by atoms with Gasteiger partial charge in [0, 0.05) is 0 Å². The van der Waals surface area contributed by atoms with Gasteiger partial charge in [0.05, 0.1) is 13.2 Å². The lowest BCUT2D eigenvalue weighted by atomic mass is 10.4. The molecule has 0 aromatic heterocycles. The topological polar surface area (TPSA) is 127 Å². The number of esters is 2. The van der Waals surface area contributed by atoms with Crippen LogP contribution in [0.4, 0.5) is 0 Å². The van der Waals surface area contributed by atoms with Crippen LogP contribution >= 0.6 is 0 Å². The van der Waals surface area contributed by atoms with E-state index < -0.39 is 36.7 Å². The molecule has 0 spiro atoms. The lowest BCUT2D eigenvalue weighted by Gasteiger charge is -1.95. The molecule has 0 saturated carbocycles. The summed E-state index contributed by atoms with van der Waals surface area (Å²) in [5.41, 5.74) is 0. The van der Waals surface area contributed by atoms with Gasteiger partial charge in [-0.2, -0.15) is 0 Å². The summed E-state index contributed by atoms with van der Waals surface area (Å²) in [6.07, 6.45) is -1.10. The predicted molar refractivity (Wildman–Crippen MR) is 57.8 cm³/mol. The van der Waals surface area contributed by atoms with E-state index >= 15 is 0 Å². The lowest BCUT2D eigenvalue weighted by Crippen LogP contribution is -2.09. The van der Waals surface area contributed by atoms with Crippen molar-refractivity contribution in [1.82, 2.24) is 0 Å². The number of ether oxygens (including phenoxy) is 2. The number of carbonyl (C=O) groups excluding carboxylic acids is 2. The van der Waals surface area contributed by atoms with Crippen molar-refractivity contribution in [2.75, 3.05) is 13.2 Å². The van der Waals surface area contributed by atoms with E-state index in [-0.39, 0.29) is 13.2 Å². The smallest absolute Gasteiger partial charge is 0.317 e. The Hall–Kier alpha value is -2.12. The third kappa shape index (κ3) is 16.3. The van der Waals surface area contributed by atoms with Gasteiger partial charge in [-0.05, 0) is 13.8 Å². The molecule has 0 aromatic carbocycles. The highest BCUT2D eigenvalue weighted by molar-refractivity contribution is 5.90. The highest BCUT2D eigenvalue weighted by Crippen LogP contribution is 1.84. The first-order valence-corrected chi connectivity index (χ1v) is 5.08. The Morgan fingerprint density at radius 2 is 1.06 bits per heavy atom. The summed E-state index contributed by atoms with van der Waals surface area (Å²) in [6.45, 7) is 3.71. The van der Waals surface area contributed by atoms with E-state index in [1.807, 2.05) is 0 Å². The van der Waals surface area contributed by atoms with Crippen molar-refractivity contribution < 1.29 is 38.9 Å². The molecule has 0 aromatic rings. The molecular formula is C10H16O8. The van der Waals surface area contributed by atoms with E-state index in [0.29, 0.717) is 0 Å². The van der Waals surface area contributed by atoms with Gasteiger partial charge in [0.25, 0.3) is 0 Å². The zero-order valence-electron chi connectivity index (χ0n) is 10.2. The van der Waals surface area contributed by atoms with Gasteiger partial charge in [-0.15, -0.1) is 0 Å². The van der Waals surface area contributed by atoms with Crippen LogP contribution in [-0.4, -0.2) is 47.3 Å². The molecule has 0 unspecified atom stereocenters. The summed E-state index contributed by atoms with van der Waals surface area (Å²) in [7, 11) is 0. The molecule has 2 N–H and O–H groups in total. The Kier molecular flexibility index (Phi) is 11.5. The maximum absolute atomic E-state index is 10.3. The van der Waals surface area contributed by atoms with Gasteiger partial charge in [0.15, 0.2) is 0 Å². The molecule has 0 radical (unpaired) electrons. The molecule has 8 nitrogen and oxygen atoms in total. The minimum absolute atomic E-state index is 0.228. The third-order valence-electron chi connectivity index (χ3n) is 1.20. The second kappa shape index (κ2) is 11.4. The summed E-state index contributed by atoms with van der Waals surface area (Å²) in [5, 5.41) is 16.0. The fourth-order valence-electron chi connectivity index (χ4n) is 0.671. The Morgan fingerprint density at radius 1 is 0.778 bits per heavy atom. The van der Waals surface area contributed by atoms with Crippen LogP contribution in [-0.2, 0) is 28.7 Å². The molecule has 18 heavy (non-hydrogen) atoms. The number of rotatable bonds is 6. The Morgan fingerprint density at radius 3 is 1.22 bits per heavy atom. The Bertz CT molecular complexity index is 266. The van der Waals surface area contributed by atoms with Crippen LogP contribution in [0.3, 0.4) is 0 Å². The van der Waals surface area contributed by atoms with E-state index in [1.54, 1.807) is 13.8 Å². The third-order valence-corrected chi connectivity index (χ3v) is 1.20. The van der Waals surface area contributed by atoms with Gasteiger partial charge in [0.1, 0.15) is 12.8 Å². The van der Waals surface area contributed by atoms with Crippen LogP contribution in [0.1, 0.15) is 26.7 Å². The highest BCUT2D eigenvalue weighted by atomic mass is 16.5. The minimum Gasteiger partial charge on any atom is -0.481 e. The molecular weight excluding hydrogens is 248 g/mol. The summed E-state index contributed by atoms with van der Waals surface area (Å²) in [5.74, 6) is -3.70. The Labute approximate surface area is 103 Å². The first-order chi connectivity index (χ1) is 8.33. The second-order valence-electron chi connectivity index (χ2n) is 2.75. The molecule has 0 amide bonds. The van der Waals surface area contributed by atoms with E-state index in [2.05, 4.69) is 9.47 Å². The van der Waals surface area contributed by atoms with Crippen molar-refractivity contribution in [1.29, 1.82) is 0 Å². The summed E-state index contributed by atoms with van der Waals surface area (Å²) in [4.78, 5) is 40.1. The van der Waals surface area contributed by atoms with Crippen LogP contribution in [0, 0.1) is 0 Å². The van der Waals surface area contributed by atoms with Crippen LogP contribution < -0.4 is 0 Å². The van der Waals surface area contributed by atoms with Gasteiger partial charge >= 0.3 is 23.9 Å². The van der Waals surface area contributed by atoms with Crippen LogP contribution in [0.15, 0.2) is 0 Å². The second-order valence-corrected chi connectivity index (χ2v) is 2.75. The van der Waals surface area contributed by atoms with Gasteiger partial charge in [-0.25, -0.2) is 0 Å². The molecule has 104 valence electrons. The van der Waals surface area contributed by atoms with Crippen molar-refractivity contribution in [2.45, 2.75) is 26.7 Å².